The fourth-order valence-electron chi connectivity index (χ4n) is 2.07. The molecule has 1 N–H and O–H groups in total. The van der Waals surface area contributed by atoms with E-state index in [1.807, 2.05) is 30.1 Å². The zero-order valence-corrected chi connectivity index (χ0v) is 14.1. The molecule has 0 saturated heterocycles. The minimum absolute atomic E-state index is 0.0732. The van der Waals surface area contributed by atoms with Crippen LogP contribution in [0.25, 0.3) is 0 Å². The van der Waals surface area contributed by atoms with E-state index in [4.69, 9.17) is 0 Å². The van der Waals surface area contributed by atoms with E-state index in [1.54, 1.807) is 0 Å². The molecule has 0 amide bonds. The van der Waals surface area contributed by atoms with Crippen LogP contribution in [0.5, 0.6) is 0 Å². The van der Waals surface area contributed by atoms with Gasteiger partial charge in [-0.3, -0.25) is 0 Å². The molecule has 19 heavy (non-hydrogen) atoms. The highest BCUT2D eigenvalue weighted by atomic mass is 79.9. The Morgan fingerprint density at radius 3 is 2.79 bits per heavy atom. The van der Waals surface area contributed by atoms with E-state index < -0.39 is 0 Å². The summed E-state index contributed by atoms with van der Waals surface area (Å²) in [4.78, 5) is 0. The van der Waals surface area contributed by atoms with Crippen LogP contribution in [-0.4, -0.2) is 22.0 Å². The molecule has 1 atom stereocenters. The second kappa shape index (κ2) is 6.63. The zero-order chi connectivity index (χ0) is 13.8. The van der Waals surface area contributed by atoms with E-state index in [9.17, 15) is 0 Å². The molecule has 2 rings (SSSR count). The molecule has 0 aliphatic rings. The molecule has 1 aromatic heterocycles. The molecule has 2 aromatic rings. The first-order valence-electron chi connectivity index (χ1n) is 6.18. The lowest BCUT2D eigenvalue weighted by atomic mass is 10.0. The highest BCUT2D eigenvalue weighted by molar-refractivity contribution is 9.11. The summed E-state index contributed by atoms with van der Waals surface area (Å²) in [5.41, 5.74) is 2.25. The second-order valence-corrected chi connectivity index (χ2v) is 6.04. The standard InChI is InChI=1S/C13H16Br2N4/c1-3-6-19-12(8-17-18-19)13(16-2)10-5-4-9(14)7-11(10)15/h4-5,7-8,13,16H,3,6H2,1-2H3. The topological polar surface area (TPSA) is 42.7 Å². The monoisotopic (exact) mass is 386 g/mol. The average Bonchev–Trinajstić information content (AvgIpc) is 2.82. The number of aromatic nitrogens is 3. The lowest BCUT2D eigenvalue weighted by Crippen LogP contribution is -2.22. The summed E-state index contributed by atoms with van der Waals surface area (Å²) >= 11 is 7.09. The number of hydrogen-bond donors (Lipinski definition) is 1. The van der Waals surface area contributed by atoms with Gasteiger partial charge < -0.3 is 5.32 Å². The smallest absolute Gasteiger partial charge is 0.0802 e. The number of aryl methyl sites for hydroxylation is 1. The quantitative estimate of drug-likeness (QED) is 0.853. The second-order valence-electron chi connectivity index (χ2n) is 4.27. The number of benzene rings is 1. The summed E-state index contributed by atoms with van der Waals surface area (Å²) < 4.78 is 4.07. The number of hydrogen-bond acceptors (Lipinski definition) is 3. The van der Waals surface area contributed by atoms with Gasteiger partial charge in [-0.1, -0.05) is 50.1 Å². The molecule has 0 aliphatic heterocycles. The summed E-state index contributed by atoms with van der Waals surface area (Å²) in [6.07, 6.45) is 2.86. The van der Waals surface area contributed by atoms with Crippen LogP contribution < -0.4 is 5.32 Å². The Morgan fingerprint density at radius 1 is 1.37 bits per heavy atom. The average molecular weight is 388 g/mol. The predicted molar refractivity (Wildman–Crippen MR) is 83.1 cm³/mol. The van der Waals surface area contributed by atoms with Gasteiger partial charge in [0.15, 0.2) is 0 Å². The molecular weight excluding hydrogens is 372 g/mol. The van der Waals surface area contributed by atoms with Crippen molar-refractivity contribution in [2.45, 2.75) is 25.9 Å². The third kappa shape index (κ3) is 3.24. The van der Waals surface area contributed by atoms with E-state index >= 15 is 0 Å². The molecule has 0 saturated carbocycles. The largest absolute Gasteiger partial charge is 0.308 e. The van der Waals surface area contributed by atoms with Crippen LogP contribution in [0, 0.1) is 0 Å². The molecule has 0 radical (unpaired) electrons. The minimum atomic E-state index is 0.0732. The normalized spacial score (nSPS) is 12.6. The van der Waals surface area contributed by atoms with Crippen molar-refractivity contribution in [2.24, 2.45) is 0 Å². The van der Waals surface area contributed by atoms with Gasteiger partial charge in [-0.15, -0.1) is 5.10 Å². The van der Waals surface area contributed by atoms with Gasteiger partial charge in [0.2, 0.25) is 0 Å². The lowest BCUT2D eigenvalue weighted by molar-refractivity contribution is 0.522. The molecule has 1 heterocycles. The molecule has 0 bridgehead atoms. The SMILES string of the molecule is CCCn1nncc1C(NC)c1ccc(Br)cc1Br. The van der Waals surface area contributed by atoms with Crippen LogP contribution in [0.1, 0.15) is 30.6 Å². The summed E-state index contributed by atoms with van der Waals surface area (Å²) in [5, 5.41) is 11.5. The molecule has 102 valence electrons. The molecule has 0 spiro atoms. The maximum absolute atomic E-state index is 4.15. The summed E-state index contributed by atoms with van der Waals surface area (Å²) in [6.45, 7) is 3.01. The van der Waals surface area contributed by atoms with Gasteiger partial charge in [-0.25, -0.2) is 4.68 Å². The van der Waals surface area contributed by atoms with E-state index in [2.05, 4.69) is 60.5 Å². The maximum Gasteiger partial charge on any atom is 0.0802 e. The first-order valence-corrected chi connectivity index (χ1v) is 7.76. The first-order chi connectivity index (χ1) is 9.17. The van der Waals surface area contributed by atoms with Crippen molar-refractivity contribution in [2.75, 3.05) is 7.05 Å². The van der Waals surface area contributed by atoms with Crippen LogP contribution in [0.2, 0.25) is 0 Å². The fraction of sp³-hybridized carbons (Fsp3) is 0.385. The predicted octanol–water partition coefficient (Wildman–Crippen LogP) is 3.52. The fourth-order valence-corrected chi connectivity index (χ4v) is 3.35. The lowest BCUT2D eigenvalue weighted by Gasteiger charge is -2.19. The van der Waals surface area contributed by atoms with Crippen molar-refractivity contribution in [3.8, 4) is 0 Å². The van der Waals surface area contributed by atoms with E-state index in [-0.39, 0.29) is 6.04 Å². The first kappa shape index (κ1) is 14.7. The number of halogens is 2. The Morgan fingerprint density at radius 2 is 2.16 bits per heavy atom. The van der Waals surface area contributed by atoms with Crippen molar-refractivity contribution >= 4 is 31.9 Å². The third-order valence-corrected chi connectivity index (χ3v) is 4.12. The number of nitrogens with one attached hydrogen (secondary N) is 1. The Hall–Kier alpha value is -0.720. The van der Waals surface area contributed by atoms with Gasteiger partial charge in [0.05, 0.1) is 17.9 Å². The van der Waals surface area contributed by atoms with Crippen molar-refractivity contribution in [3.05, 3.63) is 44.6 Å². The van der Waals surface area contributed by atoms with E-state index in [1.165, 1.54) is 5.56 Å². The van der Waals surface area contributed by atoms with Crippen LogP contribution in [0.4, 0.5) is 0 Å². The van der Waals surface area contributed by atoms with E-state index in [0.29, 0.717) is 0 Å². The Kier molecular flexibility index (Phi) is 5.13. The van der Waals surface area contributed by atoms with Crippen LogP contribution in [0.3, 0.4) is 0 Å². The molecule has 6 heteroatoms. The molecular formula is C13H16Br2N4. The molecule has 1 aromatic carbocycles. The van der Waals surface area contributed by atoms with Gasteiger partial charge in [0, 0.05) is 15.5 Å². The number of nitrogens with zero attached hydrogens (tertiary/aromatic N) is 3. The maximum atomic E-state index is 4.15. The highest BCUT2D eigenvalue weighted by Crippen LogP contribution is 2.30. The van der Waals surface area contributed by atoms with Crippen molar-refractivity contribution < 1.29 is 0 Å². The van der Waals surface area contributed by atoms with E-state index in [0.717, 1.165) is 27.6 Å². The third-order valence-electron chi connectivity index (χ3n) is 2.94. The zero-order valence-electron chi connectivity index (χ0n) is 10.9. The summed E-state index contributed by atoms with van der Waals surface area (Å²) in [5.74, 6) is 0. The van der Waals surface area contributed by atoms with Crippen molar-refractivity contribution in [1.82, 2.24) is 20.3 Å². The Balaban J connectivity index is 2.41. The number of rotatable bonds is 5. The van der Waals surface area contributed by atoms with Crippen LogP contribution in [-0.2, 0) is 6.54 Å². The molecule has 0 aliphatic carbocycles. The van der Waals surface area contributed by atoms with Crippen LogP contribution >= 0.6 is 31.9 Å². The van der Waals surface area contributed by atoms with Gasteiger partial charge in [-0.05, 0) is 31.2 Å². The Labute approximate surface area is 129 Å². The van der Waals surface area contributed by atoms with Crippen molar-refractivity contribution in [1.29, 1.82) is 0 Å². The van der Waals surface area contributed by atoms with Crippen LogP contribution in [0.15, 0.2) is 33.3 Å². The van der Waals surface area contributed by atoms with Crippen molar-refractivity contribution in [3.63, 3.8) is 0 Å². The summed E-state index contributed by atoms with van der Waals surface area (Å²) in [6, 6.07) is 6.26. The van der Waals surface area contributed by atoms with Gasteiger partial charge in [0.25, 0.3) is 0 Å². The Bertz CT molecular complexity index is 553. The van der Waals surface area contributed by atoms with Gasteiger partial charge >= 0.3 is 0 Å². The molecule has 4 nitrogen and oxygen atoms in total. The highest BCUT2D eigenvalue weighted by Gasteiger charge is 2.19. The minimum Gasteiger partial charge on any atom is -0.308 e. The van der Waals surface area contributed by atoms with Gasteiger partial charge in [0.1, 0.15) is 0 Å². The summed E-state index contributed by atoms with van der Waals surface area (Å²) in [7, 11) is 1.95. The van der Waals surface area contributed by atoms with Gasteiger partial charge in [-0.2, -0.15) is 0 Å². The molecule has 0 fully saturated rings. The molecule has 1 unspecified atom stereocenters.